The first kappa shape index (κ1) is 15.8. The van der Waals surface area contributed by atoms with E-state index in [1.165, 1.54) is 30.3 Å². The Balaban J connectivity index is 1.75. The van der Waals surface area contributed by atoms with E-state index in [1.807, 2.05) is 0 Å². The van der Waals surface area contributed by atoms with E-state index in [9.17, 15) is 14.0 Å². The van der Waals surface area contributed by atoms with E-state index in [0.29, 0.717) is 10.6 Å². The van der Waals surface area contributed by atoms with Gasteiger partial charge in [-0.05, 0) is 30.3 Å². The zero-order valence-electron chi connectivity index (χ0n) is 12.1. The first-order chi connectivity index (χ1) is 11.5. The molecule has 2 aromatic carbocycles. The third kappa shape index (κ3) is 3.44. The van der Waals surface area contributed by atoms with Crippen molar-refractivity contribution in [3.8, 4) is 10.6 Å². The molecule has 0 fully saturated rings. The Morgan fingerprint density at radius 1 is 1.04 bits per heavy atom. The molecule has 8 heteroatoms. The highest BCUT2D eigenvalue weighted by Crippen LogP contribution is 2.26. The summed E-state index contributed by atoms with van der Waals surface area (Å²) in [6.45, 7) is 0. The number of nitrogens with one attached hydrogen (secondary N) is 1. The van der Waals surface area contributed by atoms with Crippen molar-refractivity contribution < 1.29 is 19.1 Å². The minimum Gasteiger partial charge on any atom is -0.478 e. The Morgan fingerprint density at radius 2 is 1.79 bits per heavy atom. The van der Waals surface area contributed by atoms with Gasteiger partial charge in [0.1, 0.15) is 10.8 Å². The van der Waals surface area contributed by atoms with E-state index in [1.54, 1.807) is 12.1 Å². The summed E-state index contributed by atoms with van der Waals surface area (Å²) >= 11 is 1.13. The molecule has 0 atom stereocenters. The summed E-state index contributed by atoms with van der Waals surface area (Å²) < 4.78 is 13.1. The molecular formula is C16H10FN3O3S. The molecule has 0 bridgehead atoms. The maximum absolute atomic E-state index is 13.1. The number of carboxylic acids is 1. The molecule has 0 radical (unpaired) electrons. The van der Waals surface area contributed by atoms with Crippen LogP contribution < -0.4 is 5.32 Å². The first-order valence-corrected chi connectivity index (χ1v) is 7.59. The number of carboxylic acid groups (broad SMARTS) is 1. The molecule has 0 aliphatic rings. The van der Waals surface area contributed by atoms with Crippen LogP contribution in [0.3, 0.4) is 0 Å². The highest BCUT2D eigenvalue weighted by Gasteiger charge is 2.12. The number of amides is 1. The molecule has 1 amide bonds. The van der Waals surface area contributed by atoms with Gasteiger partial charge >= 0.3 is 5.97 Å². The molecule has 0 aliphatic heterocycles. The quantitative estimate of drug-likeness (QED) is 0.758. The van der Waals surface area contributed by atoms with Crippen LogP contribution >= 0.6 is 11.3 Å². The predicted molar refractivity (Wildman–Crippen MR) is 86.7 cm³/mol. The SMILES string of the molecule is O=C(O)c1ccc(-c2nnc(NC(=O)c3cccc(F)c3)s2)cc1. The Kier molecular flexibility index (Phi) is 4.30. The van der Waals surface area contributed by atoms with Gasteiger partial charge in [-0.2, -0.15) is 0 Å². The topological polar surface area (TPSA) is 92.2 Å². The largest absolute Gasteiger partial charge is 0.478 e. The first-order valence-electron chi connectivity index (χ1n) is 6.77. The molecule has 0 aliphatic carbocycles. The molecule has 1 heterocycles. The van der Waals surface area contributed by atoms with Gasteiger partial charge in [0.15, 0.2) is 0 Å². The summed E-state index contributed by atoms with van der Waals surface area (Å²) in [6.07, 6.45) is 0. The van der Waals surface area contributed by atoms with Crippen LogP contribution in [-0.2, 0) is 0 Å². The fourth-order valence-corrected chi connectivity index (χ4v) is 2.69. The van der Waals surface area contributed by atoms with Crippen molar-refractivity contribution in [2.45, 2.75) is 0 Å². The number of benzene rings is 2. The van der Waals surface area contributed by atoms with Crippen LogP contribution in [-0.4, -0.2) is 27.2 Å². The van der Waals surface area contributed by atoms with Crippen LogP contribution in [0.4, 0.5) is 9.52 Å². The number of carbonyl (C=O) groups excluding carboxylic acids is 1. The average molecular weight is 343 g/mol. The molecule has 3 aromatic rings. The van der Waals surface area contributed by atoms with E-state index in [-0.39, 0.29) is 16.3 Å². The third-order valence-corrected chi connectivity index (χ3v) is 4.00. The monoisotopic (exact) mass is 343 g/mol. The van der Waals surface area contributed by atoms with Gasteiger partial charge < -0.3 is 5.11 Å². The number of halogens is 1. The van der Waals surface area contributed by atoms with Crippen molar-refractivity contribution >= 4 is 28.3 Å². The summed E-state index contributed by atoms with van der Waals surface area (Å²) in [6, 6.07) is 11.5. The second-order valence-corrected chi connectivity index (χ2v) is 5.74. The molecule has 0 saturated carbocycles. The molecule has 1 aromatic heterocycles. The predicted octanol–water partition coefficient (Wildman–Crippen LogP) is 3.29. The molecule has 2 N–H and O–H groups in total. The lowest BCUT2D eigenvalue weighted by atomic mass is 10.1. The molecular weight excluding hydrogens is 333 g/mol. The number of hydrogen-bond donors (Lipinski definition) is 2. The summed E-state index contributed by atoms with van der Waals surface area (Å²) in [5, 5.41) is 20.0. The third-order valence-electron chi connectivity index (χ3n) is 3.11. The smallest absolute Gasteiger partial charge is 0.335 e. The van der Waals surface area contributed by atoms with Crippen LogP contribution in [0.2, 0.25) is 0 Å². The fourth-order valence-electron chi connectivity index (χ4n) is 1.94. The number of carbonyl (C=O) groups is 2. The molecule has 6 nitrogen and oxygen atoms in total. The van der Waals surface area contributed by atoms with Crippen molar-refractivity contribution in [2.24, 2.45) is 0 Å². The number of nitrogens with zero attached hydrogens (tertiary/aromatic N) is 2. The normalized spacial score (nSPS) is 10.4. The van der Waals surface area contributed by atoms with Crippen molar-refractivity contribution in [1.29, 1.82) is 0 Å². The lowest BCUT2D eigenvalue weighted by Gasteiger charge is -2.00. The van der Waals surface area contributed by atoms with Gasteiger partial charge in [0.2, 0.25) is 5.13 Å². The molecule has 0 unspecified atom stereocenters. The van der Waals surface area contributed by atoms with Gasteiger partial charge in [0.05, 0.1) is 5.56 Å². The number of aromatic nitrogens is 2. The van der Waals surface area contributed by atoms with Gasteiger partial charge in [-0.1, -0.05) is 29.5 Å². The van der Waals surface area contributed by atoms with Crippen molar-refractivity contribution in [3.05, 3.63) is 65.5 Å². The van der Waals surface area contributed by atoms with Crippen molar-refractivity contribution in [3.63, 3.8) is 0 Å². The highest BCUT2D eigenvalue weighted by molar-refractivity contribution is 7.18. The minimum atomic E-state index is -1.01. The van der Waals surface area contributed by atoms with Crippen LogP contribution in [0.5, 0.6) is 0 Å². The van der Waals surface area contributed by atoms with Crippen molar-refractivity contribution in [1.82, 2.24) is 10.2 Å². The average Bonchev–Trinajstić information content (AvgIpc) is 3.03. The van der Waals surface area contributed by atoms with Gasteiger partial charge in [-0.25, -0.2) is 9.18 Å². The minimum absolute atomic E-state index is 0.169. The van der Waals surface area contributed by atoms with E-state index >= 15 is 0 Å². The Labute approximate surface area is 139 Å². The fraction of sp³-hybridized carbons (Fsp3) is 0. The van der Waals surface area contributed by atoms with Crippen LogP contribution in [0.1, 0.15) is 20.7 Å². The summed E-state index contributed by atoms with van der Waals surface area (Å²) in [5.41, 5.74) is 1.03. The zero-order chi connectivity index (χ0) is 17.1. The van der Waals surface area contributed by atoms with Crippen LogP contribution in [0.15, 0.2) is 48.5 Å². The number of hydrogen-bond acceptors (Lipinski definition) is 5. The number of aromatic carboxylic acids is 1. The second-order valence-electron chi connectivity index (χ2n) is 4.76. The van der Waals surface area contributed by atoms with Gasteiger partial charge in [-0.15, -0.1) is 10.2 Å². The van der Waals surface area contributed by atoms with Crippen molar-refractivity contribution in [2.75, 3.05) is 5.32 Å². The second kappa shape index (κ2) is 6.55. The standard InChI is InChI=1S/C16H10FN3O3S/c17-12-3-1-2-11(8-12)13(21)18-16-20-19-14(24-16)9-4-6-10(7-5-9)15(22)23/h1-8H,(H,22,23)(H,18,20,21). The summed E-state index contributed by atoms with van der Waals surface area (Å²) in [5.74, 6) is -2.00. The van der Waals surface area contributed by atoms with E-state index in [4.69, 9.17) is 5.11 Å². The zero-order valence-corrected chi connectivity index (χ0v) is 12.9. The molecule has 120 valence electrons. The number of rotatable bonds is 4. The van der Waals surface area contributed by atoms with Gasteiger partial charge in [0, 0.05) is 11.1 Å². The lowest BCUT2D eigenvalue weighted by molar-refractivity contribution is 0.0696. The maximum atomic E-state index is 13.1. The van der Waals surface area contributed by atoms with Gasteiger partial charge in [-0.3, -0.25) is 10.1 Å². The van der Waals surface area contributed by atoms with E-state index < -0.39 is 17.7 Å². The summed E-state index contributed by atoms with van der Waals surface area (Å²) in [4.78, 5) is 22.9. The number of anilines is 1. The van der Waals surface area contributed by atoms with Crippen LogP contribution in [0, 0.1) is 5.82 Å². The molecule has 24 heavy (non-hydrogen) atoms. The van der Waals surface area contributed by atoms with Gasteiger partial charge in [0.25, 0.3) is 5.91 Å². The Bertz CT molecular complexity index is 909. The highest BCUT2D eigenvalue weighted by atomic mass is 32.1. The lowest BCUT2D eigenvalue weighted by Crippen LogP contribution is -2.11. The molecule has 3 rings (SSSR count). The Morgan fingerprint density at radius 3 is 2.46 bits per heavy atom. The van der Waals surface area contributed by atoms with Crippen LogP contribution in [0.25, 0.3) is 10.6 Å². The van der Waals surface area contributed by atoms with E-state index in [2.05, 4.69) is 15.5 Å². The van der Waals surface area contributed by atoms with E-state index in [0.717, 1.165) is 17.4 Å². The molecule has 0 saturated heterocycles. The molecule has 0 spiro atoms. The summed E-state index contributed by atoms with van der Waals surface area (Å²) in [7, 11) is 0. The Hall–Kier alpha value is -3.13. The maximum Gasteiger partial charge on any atom is 0.335 e.